The Hall–Kier alpha value is -4.38. The first-order valence-corrected chi connectivity index (χ1v) is 11.7. The van der Waals surface area contributed by atoms with Gasteiger partial charge in [0, 0.05) is 19.1 Å². The van der Waals surface area contributed by atoms with Crippen molar-refractivity contribution in [2.24, 2.45) is 4.99 Å². The van der Waals surface area contributed by atoms with Gasteiger partial charge in [0.15, 0.2) is 4.80 Å². The molecule has 0 radical (unpaired) electrons. The summed E-state index contributed by atoms with van der Waals surface area (Å²) in [6.45, 7) is 4.82. The third-order valence-electron chi connectivity index (χ3n) is 5.38. The number of carbonyl (C=O) groups is 2. The van der Waals surface area contributed by atoms with Gasteiger partial charge in [-0.3, -0.25) is 24.3 Å². The minimum absolute atomic E-state index is 0.0551. The molecular formula is C25H21N3O7S. The number of hydrogen-bond donors (Lipinski definition) is 0. The maximum absolute atomic E-state index is 13.6. The molecule has 0 fully saturated rings. The van der Waals surface area contributed by atoms with E-state index >= 15 is 0 Å². The van der Waals surface area contributed by atoms with E-state index in [2.05, 4.69) is 4.99 Å². The third kappa shape index (κ3) is 4.86. The molecule has 1 aliphatic heterocycles. The van der Waals surface area contributed by atoms with E-state index in [-0.39, 0.29) is 23.4 Å². The zero-order valence-corrected chi connectivity index (χ0v) is 20.4. The Labute approximate surface area is 208 Å². The van der Waals surface area contributed by atoms with E-state index in [1.807, 2.05) is 0 Å². The molecule has 0 saturated carbocycles. The Morgan fingerprint density at radius 2 is 1.83 bits per heavy atom. The van der Waals surface area contributed by atoms with Crippen LogP contribution in [-0.4, -0.2) is 28.0 Å². The number of rotatable bonds is 6. The van der Waals surface area contributed by atoms with Gasteiger partial charge in [-0.2, -0.15) is 0 Å². The van der Waals surface area contributed by atoms with Crippen LogP contribution < -0.4 is 19.6 Å². The Kier molecular flexibility index (Phi) is 6.93. The number of esters is 2. The summed E-state index contributed by atoms with van der Waals surface area (Å²) in [5.41, 5.74) is 1.43. The molecule has 10 nitrogen and oxygen atoms in total. The number of nitrogens with zero attached hydrogens (tertiary/aromatic N) is 3. The van der Waals surface area contributed by atoms with Crippen molar-refractivity contribution in [2.75, 3.05) is 6.61 Å². The molecule has 1 aromatic heterocycles. The van der Waals surface area contributed by atoms with Crippen molar-refractivity contribution < 1.29 is 24.0 Å². The fraction of sp³-hybridized carbons (Fsp3) is 0.200. The molecule has 2 aromatic carbocycles. The van der Waals surface area contributed by atoms with Gasteiger partial charge in [-0.25, -0.2) is 9.79 Å². The summed E-state index contributed by atoms with van der Waals surface area (Å²) in [7, 11) is 0. The predicted molar refractivity (Wildman–Crippen MR) is 131 cm³/mol. The van der Waals surface area contributed by atoms with Gasteiger partial charge in [0.2, 0.25) is 0 Å². The molecule has 1 atom stereocenters. The van der Waals surface area contributed by atoms with Crippen LogP contribution in [-0.2, 0) is 14.3 Å². The summed E-state index contributed by atoms with van der Waals surface area (Å²) >= 11 is 1.15. The van der Waals surface area contributed by atoms with Crippen molar-refractivity contribution in [3.05, 3.63) is 101 Å². The first-order valence-electron chi connectivity index (χ1n) is 10.9. The second-order valence-corrected chi connectivity index (χ2v) is 8.82. The van der Waals surface area contributed by atoms with E-state index in [0.717, 1.165) is 11.3 Å². The Morgan fingerprint density at radius 3 is 2.42 bits per heavy atom. The van der Waals surface area contributed by atoms with Gasteiger partial charge in [0.25, 0.3) is 11.2 Å². The standard InChI is InChI=1S/C25H21N3O7S/c1-4-34-24(31)21-14(2)26-25-27(22(21)17-7-11-19(12-8-17)35-15(3)29)23(30)20(36-25)13-16-5-9-18(10-6-16)28(32)33/h5-13,22H,4H2,1-3H3/b20-13+/t22-/m1/s1. The molecule has 0 bridgehead atoms. The van der Waals surface area contributed by atoms with Gasteiger partial charge >= 0.3 is 11.9 Å². The zero-order chi connectivity index (χ0) is 26.0. The highest BCUT2D eigenvalue weighted by Crippen LogP contribution is 2.31. The van der Waals surface area contributed by atoms with Crippen LogP contribution in [0, 0.1) is 10.1 Å². The number of aromatic nitrogens is 1. The SMILES string of the molecule is CCOC(=O)C1=C(C)N=c2s/c(=C/c3ccc([N+](=O)[O-])cc3)c(=O)n2[C@@H]1c1ccc(OC(C)=O)cc1. The molecule has 0 N–H and O–H groups in total. The smallest absolute Gasteiger partial charge is 0.338 e. The van der Waals surface area contributed by atoms with Crippen LogP contribution in [0.15, 0.2) is 69.6 Å². The van der Waals surface area contributed by atoms with E-state index in [0.29, 0.717) is 31.9 Å². The zero-order valence-electron chi connectivity index (χ0n) is 19.6. The highest BCUT2D eigenvalue weighted by molar-refractivity contribution is 7.07. The molecule has 2 heterocycles. The summed E-state index contributed by atoms with van der Waals surface area (Å²) in [5.74, 6) is -0.724. The fourth-order valence-electron chi connectivity index (χ4n) is 3.83. The molecule has 36 heavy (non-hydrogen) atoms. The number of allylic oxidation sites excluding steroid dienone is 1. The lowest BCUT2D eigenvalue weighted by atomic mass is 9.96. The molecular weight excluding hydrogens is 486 g/mol. The molecule has 0 spiro atoms. The van der Waals surface area contributed by atoms with E-state index in [1.165, 1.54) is 23.6 Å². The van der Waals surface area contributed by atoms with Crippen molar-refractivity contribution in [3.8, 4) is 5.75 Å². The monoisotopic (exact) mass is 507 g/mol. The van der Waals surface area contributed by atoms with Crippen molar-refractivity contribution in [1.82, 2.24) is 4.57 Å². The largest absolute Gasteiger partial charge is 0.463 e. The quantitative estimate of drug-likeness (QED) is 0.217. The Bertz CT molecular complexity index is 1570. The lowest BCUT2D eigenvalue weighted by molar-refractivity contribution is -0.384. The van der Waals surface area contributed by atoms with E-state index in [9.17, 15) is 24.5 Å². The highest BCUT2D eigenvalue weighted by Gasteiger charge is 2.33. The Balaban J connectivity index is 1.87. The van der Waals surface area contributed by atoms with Gasteiger partial charge in [0.05, 0.1) is 33.4 Å². The molecule has 1 aliphatic rings. The number of nitro groups is 1. The van der Waals surface area contributed by atoms with Crippen molar-refractivity contribution in [1.29, 1.82) is 0 Å². The van der Waals surface area contributed by atoms with Crippen LogP contribution in [0.5, 0.6) is 5.75 Å². The highest BCUT2D eigenvalue weighted by atomic mass is 32.1. The summed E-state index contributed by atoms with van der Waals surface area (Å²) in [5, 5.41) is 10.9. The van der Waals surface area contributed by atoms with E-state index in [4.69, 9.17) is 9.47 Å². The van der Waals surface area contributed by atoms with E-state index < -0.39 is 22.9 Å². The maximum Gasteiger partial charge on any atom is 0.338 e. The number of thiazole rings is 1. The van der Waals surface area contributed by atoms with Gasteiger partial charge in [-0.05, 0) is 55.3 Å². The minimum Gasteiger partial charge on any atom is -0.463 e. The fourth-order valence-corrected chi connectivity index (χ4v) is 4.88. The topological polar surface area (TPSA) is 130 Å². The number of carbonyl (C=O) groups excluding carboxylic acids is 2. The van der Waals surface area contributed by atoms with Gasteiger partial charge < -0.3 is 9.47 Å². The number of ether oxygens (including phenoxy) is 2. The number of hydrogen-bond acceptors (Lipinski definition) is 9. The molecule has 3 aromatic rings. The van der Waals surface area contributed by atoms with Crippen LogP contribution in [0.3, 0.4) is 0 Å². The molecule has 4 rings (SSSR count). The molecule has 0 aliphatic carbocycles. The first-order chi connectivity index (χ1) is 17.2. The summed E-state index contributed by atoms with van der Waals surface area (Å²) in [6, 6.07) is 11.5. The normalized spacial score (nSPS) is 15.2. The molecule has 0 amide bonds. The van der Waals surface area contributed by atoms with Crippen LogP contribution in [0.4, 0.5) is 5.69 Å². The van der Waals surface area contributed by atoms with Gasteiger partial charge in [-0.15, -0.1) is 0 Å². The van der Waals surface area contributed by atoms with Gasteiger partial charge in [0.1, 0.15) is 5.75 Å². The Morgan fingerprint density at radius 1 is 1.17 bits per heavy atom. The number of nitro benzene ring substituents is 1. The van der Waals surface area contributed by atoms with Crippen LogP contribution in [0.2, 0.25) is 0 Å². The molecule has 0 saturated heterocycles. The molecule has 11 heteroatoms. The second kappa shape index (κ2) is 10.1. The summed E-state index contributed by atoms with van der Waals surface area (Å²) in [4.78, 5) is 53.1. The lowest BCUT2D eigenvalue weighted by Gasteiger charge is -2.24. The van der Waals surface area contributed by atoms with Crippen LogP contribution >= 0.6 is 11.3 Å². The number of benzene rings is 2. The van der Waals surface area contributed by atoms with Crippen molar-refractivity contribution in [3.63, 3.8) is 0 Å². The number of non-ortho nitro benzene ring substituents is 1. The lowest BCUT2D eigenvalue weighted by Crippen LogP contribution is -2.39. The molecule has 0 unspecified atom stereocenters. The van der Waals surface area contributed by atoms with Gasteiger partial charge in [-0.1, -0.05) is 23.5 Å². The predicted octanol–water partition coefficient (Wildman–Crippen LogP) is 2.63. The molecule has 184 valence electrons. The number of fused-ring (bicyclic) bond motifs is 1. The third-order valence-corrected chi connectivity index (χ3v) is 6.36. The second-order valence-electron chi connectivity index (χ2n) is 7.81. The summed E-state index contributed by atoms with van der Waals surface area (Å²) in [6.07, 6.45) is 1.62. The first kappa shape index (κ1) is 24.7. The summed E-state index contributed by atoms with van der Waals surface area (Å²) < 4.78 is 12.2. The maximum atomic E-state index is 13.6. The van der Waals surface area contributed by atoms with Crippen LogP contribution in [0.25, 0.3) is 6.08 Å². The van der Waals surface area contributed by atoms with Crippen molar-refractivity contribution >= 4 is 35.0 Å². The minimum atomic E-state index is -0.814. The average Bonchev–Trinajstić information content (AvgIpc) is 3.13. The average molecular weight is 508 g/mol. The van der Waals surface area contributed by atoms with E-state index in [1.54, 1.807) is 56.3 Å². The van der Waals surface area contributed by atoms with Crippen molar-refractivity contribution in [2.45, 2.75) is 26.8 Å². The van der Waals surface area contributed by atoms with Crippen LogP contribution in [0.1, 0.15) is 37.9 Å².